The molecule has 202 valence electrons. The minimum Gasteiger partial charge on any atom is -0.496 e. The number of thiazole rings is 1. The van der Waals surface area contributed by atoms with Crippen molar-refractivity contribution in [2.45, 2.75) is 32.9 Å². The van der Waals surface area contributed by atoms with Gasteiger partial charge in [-0.2, -0.15) is 0 Å². The van der Waals surface area contributed by atoms with Crippen molar-refractivity contribution < 1.29 is 19.4 Å². The molecule has 0 aliphatic rings. The Balaban J connectivity index is 1.53. The van der Waals surface area contributed by atoms with Crippen LogP contribution in [0.5, 0.6) is 5.75 Å². The Morgan fingerprint density at radius 3 is 2.33 bits per heavy atom. The molecule has 1 amide bonds. The average Bonchev–Trinajstić information content (AvgIpc) is 3.44. The lowest BCUT2D eigenvalue weighted by atomic mass is 10.0. The zero-order valence-corrected chi connectivity index (χ0v) is 23.2. The highest BCUT2D eigenvalue weighted by molar-refractivity contribution is 7.14. The van der Waals surface area contributed by atoms with E-state index >= 15 is 0 Å². The molecule has 8 heteroatoms. The highest BCUT2D eigenvalue weighted by atomic mass is 32.1. The minimum atomic E-state index is -1.04. The molecule has 0 saturated heterocycles. The van der Waals surface area contributed by atoms with E-state index in [2.05, 4.69) is 22.3 Å². The summed E-state index contributed by atoms with van der Waals surface area (Å²) in [4.78, 5) is 31.3. The maximum absolute atomic E-state index is 12.7. The molecule has 7 nitrogen and oxygen atoms in total. The van der Waals surface area contributed by atoms with E-state index in [1.54, 1.807) is 44.4 Å². The van der Waals surface area contributed by atoms with Gasteiger partial charge in [-0.3, -0.25) is 4.79 Å². The van der Waals surface area contributed by atoms with E-state index in [4.69, 9.17) is 9.72 Å². The highest BCUT2D eigenvalue weighted by Crippen LogP contribution is 2.33. The fraction of sp³-hybridized carbons (Fsp3) is 0.258. The molecule has 4 rings (SSSR count). The Kier molecular flexibility index (Phi) is 9.33. The standard InChI is InChI=1S/C31H33N3O4S/c1-21(2)28(30(36)37)33-29(35)24-15-13-23(14-16-24)19-34(18-17-22-9-5-4-6-10-22)31-32-26(20-39-31)25-11-7-8-12-27(25)38-3/h4-16,20-21,28H,17-19H2,1-3H3,(H,33,35)(H,36,37). The first-order chi connectivity index (χ1) is 18.9. The van der Waals surface area contributed by atoms with E-state index in [0.717, 1.165) is 40.7 Å². The molecular formula is C31H33N3O4S. The quantitative estimate of drug-likeness (QED) is 0.231. The number of aromatic nitrogens is 1. The maximum Gasteiger partial charge on any atom is 0.326 e. The molecule has 0 fully saturated rings. The number of carbonyl (C=O) groups excluding carboxylic acids is 1. The number of hydrogen-bond donors (Lipinski definition) is 2. The van der Waals surface area contributed by atoms with Gasteiger partial charge in [0.25, 0.3) is 5.91 Å². The van der Waals surface area contributed by atoms with Crippen molar-refractivity contribution in [3.63, 3.8) is 0 Å². The summed E-state index contributed by atoms with van der Waals surface area (Å²) in [5, 5.41) is 15.0. The molecule has 1 unspecified atom stereocenters. The van der Waals surface area contributed by atoms with Crippen LogP contribution in [0.15, 0.2) is 84.2 Å². The Labute approximate surface area is 233 Å². The lowest BCUT2D eigenvalue weighted by molar-refractivity contribution is -0.140. The number of nitrogens with zero attached hydrogens (tertiary/aromatic N) is 2. The number of carboxylic acids is 1. The molecule has 1 heterocycles. The Morgan fingerprint density at radius 1 is 0.974 bits per heavy atom. The number of carbonyl (C=O) groups is 2. The molecule has 4 aromatic rings. The van der Waals surface area contributed by atoms with Gasteiger partial charge in [-0.25, -0.2) is 9.78 Å². The Bertz CT molecular complexity index is 1390. The maximum atomic E-state index is 12.7. The van der Waals surface area contributed by atoms with Gasteiger partial charge in [0.05, 0.1) is 12.8 Å². The predicted molar refractivity (Wildman–Crippen MR) is 155 cm³/mol. The number of aliphatic carboxylic acids is 1. The SMILES string of the molecule is COc1ccccc1-c1csc(N(CCc2ccccc2)Cc2ccc(C(=O)NC(C(=O)O)C(C)C)cc2)n1. The van der Waals surface area contributed by atoms with Gasteiger partial charge in [0.2, 0.25) is 0 Å². The third kappa shape index (κ3) is 7.23. The molecule has 1 atom stereocenters. The van der Waals surface area contributed by atoms with E-state index in [-0.39, 0.29) is 5.92 Å². The number of carboxylic acid groups (broad SMARTS) is 1. The first kappa shape index (κ1) is 27.9. The van der Waals surface area contributed by atoms with Crippen LogP contribution in [-0.2, 0) is 17.8 Å². The number of hydrogen-bond acceptors (Lipinski definition) is 6. The molecule has 0 bridgehead atoms. The van der Waals surface area contributed by atoms with Gasteiger partial charge in [-0.15, -0.1) is 11.3 Å². The number of anilines is 1. The number of para-hydroxylation sites is 1. The number of nitrogens with one attached hydrogen (secondary N) is 1. The van der Waals surface area contributed by atoms with Crippen LogP contribution in [0.2, 0.25) is 0 Å². The van der Waals surface area contributed by atoms with Gasteiger partial charge in [0, 0.05) is 29.6 Å². The molecule has 0 saturated carbocycles. The lowest BCUT2D eigenvalue weighted by Gasteiger charge is -2.22. The number of amides is 1. The van der Waals surface area contributed by atoms with Crippen LogP contribution in [-0.4, -0.2) is 41.7 Å². The predicted octanol–water partition coefficient (Wildman–Crippen LogP) is 5.91. The number of rotatable bonds is 12. The summed E-state index contributed by atoms with van der Waals surface area (Å²) in [6.45, 7) is 4.91. The zero-order valence-electron chi connectivity index (χ0n) is 22.3. The van der Waals surface area contributed by atoms with Crippen molar-refractivity contribution in [2.24, 2.45) is 5.92 Å². The molecule has 0 aliphatic carbocycles. The third-order valence-corrected chi connectivity index (χ3v) is 7.37. The monoisotopic (exact) mass is 543 g/mol. The van der Waals surface area contributed by atoms with Crippen molar-refractivity contribution in [1.29, 1.82) is 0 Å². The van der Waals surface area contributed by atoms with Crippen molar-refractivity contribution in [3.05, 3.63) is 101 Å². The second-order valence-electron chi connectivity index (χ2n) is 9.60. The van der Waals surface area contributed by atoms with Gasteiger partial charge in [-0.05, 0) is 47.7 Å². The summed E-state index contributed by atoms with van der Waals surface area (Å²) >= 11 is 1.59. The lowest BCUT2D eigenvalue weighted by Crippen LogP contribution is -2.44. The normalized spacial score (nSPS) is 11.7. The van der Waals surface area contributed by atoms with Crippen LogP contribution in [0.25, 0.3) is 11.3 Å². The molecule has 3 aromatic carbocycles. The summed E-state index contributed by atoms with van der Waals surface area (Å²) in [7, 11) is 1.66. The van der Waals surface area contributed by atoms with Crippen LogP contribution in [0.1, 0.15) is 35.3 Å². The van der Waals surface area contributed by atoms with Crippen molar-refractivity contribution in [2.75, 3.05) is 18.6 Å². The topological polar surface area (TPSA) is 91.8 Å². The van der Waals surface area contributed by atoms with Gasteiger partial charge in [-0.1, -0.05) is 68.4 Å². The Morgan fingerprint density at radius 2 is 1.67 bits per heavy atom. The minimum absolute atomic E-state index is 0.220. The zero-order chi connectivity index (χ0) is 27.8. The van der Waals surface area contributed by atoms with Gasteiger partial charge >= 0.3 is 5.97 Å². The first-order valence-corrected chi connectivity index (χ1v) is 13.7. The highest BCUT2D eigenvalue weighted by Gasteiger charge is 2.24. The number of benzene rings is 3. The number of ether oxygens (including phenoxy) is 1. The van der Waals surface area contributed by atoms with Crippen molar-refractivity contribution >= 4 is 28.3 Å². The largest absolute Gasteiger partial charge is 0.496 e. The van der Waals surface area contributed by atoms with E-state index in [9.17, 15) is 14.7 Å². The van der Waals surface area contributed by atoms with Crippen LogP contribution >= 0.6 is 11.3 Å². The molecule has 0 aliphatic heterocycles. The molecular weight excluding hydrogens is 510 g/mol. The van der Waals surface area contributed by atoms with Crippen LogP contribution in [0.3, 0.4) is 0 Å². The van der Waals surface area contributed by atoms with E-state index in [1.807, 2.05) is 60.0 Å². The molecule has 0 spiro atoms. The summed E-state index contributed by atoms with van der Waals surface area (Å²) in [5.74, 6) is -0.880. The molecule has 2 N–H and O–H groups in total. The fourth-order valence-electron chi connectivity index (χ4n) is 4.26. The third-order valence-electron chi connectivity index (χ3n) is 6.47. The van der Waals surface area contributed by atoms with Gasteiger partial charge in [0.1, 0.15) is 11.8 Å². The summed E-state index contributed by atoms with van der Waals surface area (Å²) < 4.78 is 5.54. The van der Waals surface area contributed by atoms with Gasteiger partial charge in [0.15, 0.2) is 5.13 Å². The van der Waals surface area contributed by atoms with Gasteiger partial charge < -0.3 is 20.1 Å². The van der Waals surface area contributed by atoms with Crippen LogP contribution < -0.4 is 15.0 Å². The molecule has 1 aromatic heterocycles. The van der Waals surface area contributed by atoms with Crippen LogP contribution in [0.4, 0.5) is 5.13 Å². The summed E-state index contributed by atoms with van der Waals surface area (Å²) in [6, 6.07) is 24.5. The smallest absolute Gasteiger partial charge is 0.326 e. The summed E-state index contributed by atoms with van der Waals surface area (Å²) in [5.41, 5.74) is 4.50. The Hall–Kier alpha value is -4.17. The van der Waals surface area contributed by atoms with Crippen molar-refractivity contribution in [1.82, 2.24) is 10.3 Å². The molecule has 39 heavy (non-hydrogen) atoms. The second-order valence-corrected chi connectivity index (χ2v) is 10.4. The average molecular weight is 544 g/mol. The van der Waals surface area contributed by atoms with E-state index in [0.29, 0.717) is 12.1 Å². The van der Waals surface area contributed by atoms with E-state index < -0.39 is 17.9 Å². The van der Waals surface area contributed by atoms with Crippen LogP contribution in [0, 0.1) is 5.92 Å². The first-order valence-electron chi connectivity index (χ1n) is 12.9. The molecule has 0 radical (unpaired) electrons. The second kappa shape index (κ2) is 13.1. The van der Waals surface area contributed by atoms with Crippen molar-refractivity contribution in [3.8, 4) is 17.0 Å². The number of methoxy groups -OCH3 is 1. The summed E-state index contributed by atoms with van der Waals surface area (Å²) in [6.07, 6.45) is 0.858. The fourth-order valence-corrected chi connectivity index (χ4v) is 5.11. The van der Waals surface area contributed by atoms with E-state index in [1.165, 1.54) is 5.56 Å².